The summed E-state index contributed by atoms with van der Waals surface area (Å²) in [6, 6.07) is 1.75. The number of carbonyl (C=O) groups is 1. The molecule has 0 radical (unpaired) electrons. The lowest BCUT2D eigenvalue weighted by atomic mass is 10.0. The number of rotatable bonds is 3. The van der Waals surface area contributed by atoms with Crippen molar-refractivity contribution in [1.82, 2.24) is 20.1 Å². The molecule has 0 N–H and O–H groups in total. The summed E-state index contributed by atoms with van der Waals surface area (Å²) in [5, 5.41) is 8.65. The Morgan fingerprint density at radius 3 is 2.69 bits per heavy atom. The van der Waals surface area contributed by atoms with Crippen LogP contribution in [-0.2, 0) is 14.2 Å². The number of nitrogens with zero attached hydrogens (tertiary/aromatic N) is 4. The largest absolute Gasteiger partial charge is 0.444 e. The number of halogens is 1. The van der Waals surface area contributed by atoms with Gasteiger partial charge in [-0.05, 0) is 52.7 Å². The van der Waals surface area contributed by atoms with Crippen molar-refractivity contribution < 1.29 is 23.4 Å². The van der Waals surface area contributed by atoms with E-state index in [0.29, 0.717) is 54.2 Å². The lowest BCUT2D eigenvalue weighted by molar-refractivity contribution is -0.141. The zero-order valence-electron chi connectivity index (χ0n) is 18.8. The molecular weight excluding hydrogens is 436 g/mol. The summed E-state index contributed by atoms with van der Waals surface area (Å²) in [5.41, 5.74) is 1.74. The van der Waals surface area contributed by atoms with Crippen LogP contribution in [0.2, 0.25) is 5.02 Å². The molecule has 1 amide bonds. The second kappa shape index (κ2) is 8.46. The molecule has 10 heteroatoms. The van der Waals surface area contributed by atoms with Gasteiger partial charge in [0.25, 0.3) is 0 Å². The van der Waals surface area contributed by atoms with Crippen LogP contribution >= 0.6 is 11.6 Å². The Morgan fingerprint density at radius 2 is 2.09 bits per heavy atom. The van der Waals surface area contributed by atoms with Crippen LogP contribution in [0.4, 0.5) is 4.79 Å². The molecule has 2 aromatic heterocycles. The van der Waals surface area contributed by atoms with Crippen LogP contribution in [0.15, 0.2) is 22.8 Å². The summed E-state index contributed by atoms with van der Waals surface area (Å²) in [4.78, 5) is 18.4. The molecule has 9 nitrogen and oxygen atoms in total. The van der Waals surface area contributed by atoms with E-state index in [0.717, 1.165) is 5.57 Å². The van der Waals surface area contributed by atoms with E-state index in [1.54, 1.807) is 17.2 Å². The SMILES string of the molecule is CC(C)(C)OC(=O)N1CC=C(c2ncc(-c3nnc([C@@H]4COC(C)(C)O4)o3)cc2Cl)CC1. The number of carbonyl (C=O) groups excluding carboxylic acids is 1. The highest BCUT2D eigenvalue weighted by atomic mass is 35.5. The highest BCUT2D eigenvalue weighted by Crippen LogP contribution is 2.34. The molecule has 0 aliphatic carbocycles. The fraction of sp³-hybridized carbons (Fsp3) is 0.545. The van der Waals surface area contributed by atoms with Crippen molar-refractivity contribution in [2.24, 2.45) is 0 Å². The molecule has 2 aliphatic rings. The first-order valence-corrected chi connectivity index (χ1v) is 10.9. The summed E-state index contributed by atoms with van der Waals surface area (Å²) in [6.45, 7) is 10.5. The van der Waals surface area contributed by atoms with Crippen molar-refractivity contribution in [1.29, 1.82) is 0 Å². The molecule has 2 aliphatic heterocycles. The van der Waals surface area contributed by atoms with Gasteiger partial charge in [-0.3, -0.25) is 4.98 Å². The summed E-state index contributed by atoms with van der Waals surface area (Å²) in [7, 11) is 0. The minimum Gasteiger partial charge on any atom is -0.444 e. The molecular formula is C22H27ClN4O5. The molecule has 0 unspecified atom stereocenters. The Kier molecular flexibility index (Phi) is 6.00. The molecule has 1 fully saturated rings. The summed E-state index contributed by atoms with van der Waals surface area (Å²) in [6.07, 6.45) is 3.50. The zero-order valence-corrected chi connectivity index (χ0v) is 19.6. The maximum Gasteiger partial charge on any atom is 0.410 e. The van der Waals surface area contributed by atoms with Gasteiger partial charge in [-0.15, -0.1) is 10.2 Å². The van der Waals surface area contributed by atoms with Gasteiger partial charge in [0.2, 0.25) is 11.8 Å². The van der Waals surface area contributed by atoms with Crippen LogP contribution in [0.1, 0.15) is 58.7 Å². The average Bonchev–Trinajstić information content (AvgIpc) is 3.33. The fourth-order valence-corrected chi connectivity index (χ4v) is 3.75. The number of ether oxygens (including phenoxy) is 3. The molecule has 0 spiro atoms. The monoisotopic (exact) mass is 462 g/mol. The molecule has 1 saturated heterocycles. The van der Waals surface area contributed by atoms with E-state index in [4.69, 9.17) is 30.2 Å². The highest BCUT2D eigenvalue weighted by Gasteiger charge is 2.37. The number of pyridine rings is 1. The summed E-state index contributed by atoms with van der Waals surface area (Å²) in [5.74, 6) is -0.0236. The molecule has 2 aromatic rings. The summed E-state index contributed by atoms with van der Waals surface area (Å²) < 4.78 is 22.5. The zero-order chi connectivity index (χ0) is 23.1. The second-order valence-electron chi connectivity index (χ2n) is 9.22. The summed E-state index contributed by atoms with van der Waals surface area (Å²) >= 11 is 6.53. The van der Waals surface area contributed by atoms with Gasteiger partial charge in [-0.2, -0.15) is 0 Å². The van der Waals surface area contributed by atoms with Crippen LogP contribution in [0.3, 0.4) is 0 Å². The predicted molar refractivity (Wildman–Crippen MR) is 117 cm³/mol. The van der Waals surface area contributed by atoms with Gasteiger partial charge < -0.3 is 23.5 Å². The van der Waals surface area contributed by atoms with Gasteiger partial charge in [-0.1, -0.05) is 17.7 Å². The van der Waals surface area contributed by atoms with Crippen LogP contribution in [0.5, 0.6) is 0 Å². The second-order valence-corrected chi connectivity index (χ2v) is 9.63. The van der Waals surface area contributed by atoms with E-state index in [1.165, 1.54) is 0 Å². The van der Waals surface area contributed by atoms with Crippen molar-refractivity contribution in [3.8, 4) is 11.5 Å². The topological polar surface area (TPSA) is 99.8 Å². The quantitative estimate of drug-likeness (QED) is 0.650. The molecule has 1 atom stereocenters. The van der Waals surface area contributed by atoms with Gasteiger partial charge >= 0.3 is 6.09 Å². The maximum absolute atomic E-state index is 12.3. The van der Waals surface area contributed by atoms with E-state index < -0.39 is 17.5 Å². The van der Waals surface area contributed by atoms with Crippen molar-refractivity contribution in [3.05, 3.63) is 34.9 Å². The third-order valence-electron chi connectivity index (χ3n) is 4.98. The molecule has 4 heterocycles. The van der Waals surface area contributed by atoms with Gasteiger partial charge in [-0.25, -0.2) is 4.79 Å². The highest BCUT2D eigenvalue weighted by molar-refractivity contribution is 6.32. The minimum atomic E-state index is -0.682. The van der Waals surface area contributed by atoms with Gasteiger partial charge in [0.05, 0.1) is 22.9 Å². The lowest BCUT2D eigenvalue weighted by Gasteiger charge is -2.29. The van der Waals surface area contributed by atoms with Crippen LogP contribution in [0.25, 0.3) is 17.0 Å². The van der Waals surface area contributed by atoms with Crippen LogP contribution in [-0.4, -0.2) is 57.3 Å². The number of hydrogen-bond donors (Lipinski definition) is 0. The maximum atomic E-state index is 12.3. The Hall–Kier alpha value is -2.49. The standard InChI is InChI=1S/C22H27ClN4O5/c1-21(2,3)32-20(28)27-8-6-13(7-9-27)17-15(23)10-14(11-24-17)18-25-26-19(30-18)16-12-29-22(4,5)31-16/h6,10-11,16H,7-9,12H2,1-5H3/t16-/m0/s1. The third kappa shape index (κ3) is 5.11. The smallest absolute Gasteiger partial charge is 0.410 e. The average molecular weight is 463 g/mol. The first-order chi connectivity index (χ1) is 15.0. The predicted octanol–water partition coefficient (Wildman–Crippen LogP) is 4.63. The fourth-order valence-electron chi connectivity index (χ4n) is 3.46. The first kappa shape index (κ1) is 22.7. The Bertz CT molecular complexity index is 1040. The van der Waals surface area contributed by atoms with Crippen molar-refractivity contribution >= 4 is 23.3 Å². The van der Waals surface area contributed by atoms with E-state index in [-0.39, 0.29) is 6.09 Å². The van der Waals surface area contributed by atoms with Crippen LogP contribution < -0.4 is 0 Å². The van der Waals surface area contributed by atoms with Gasteiger partial charge in [0, 0.05) is 19.3 Å². The molecule has 172 valence electrons. The van der Waals surface area contributed by atoms with E-state index in [2.05, 4.69) is 15.2 Å². The molecule has 0 aromatic carbocycles. The number of aromatic nitrogens is 3. The lowest BCUT2D eigenvalue weighted by Crippen LogP contribution is -2.39. The Labute approximate surface area is 191 Å². The number of hydrogen-bond acceptors (Lipinski definition) is 8. The Morgan fingerprint density at radius 1 is 1.31 bits per heavy atom. The molecule has 0 bridgehead atoms. The van der Waals surface area contributed by atoms with Crippen molar-refractivity contribution in [3.63, 3.8) is 0 Å². The molecule has 4 rings (SSSR count). The number of amides is 1. The normalized spacial score (nSPS) is 20.9. The van der Waals surface area contributed by atoms with Crippen molar-refractivity contribution in [2.45, 2.75) is 58.5 Å². The van der Waals surface area contributed by atoms with E-state index >= 15 is 0 Å². The first-order valence-electron chi connectivity index (χ1n) is 10.5. The Balaban J connectivity index is 1.45. The molecule has 32 heavy (non-hydrogen) atoms. The van der Waals surface area contributed by atoms with Crippen LogP contribution in [0, 0.1) is 0 Å². The third-order valence-corrected chi connectivity index (χ3v) is 5.27. The van der Waals surface area contributed by atoms with E-state index in [1.807, 2.05) is 40.7 Å². The van der Waals surface area contributed by atoms with Gasteiger partial charge in [0.15, 0.2) is 11.9 Å². The van der Waals surface area contributed by atoms with Gasteiger partial charge in [0.1, 0.15) is 5.60 Å². The van der Waals surface area contributed by atoms with Crippen molar-refractivity contribution in [2.75, 3.05) is 19.7 Å². The molecule has 0 saturated carbocycles. The van der Waals surface area contributed by atoms with E-state index in [9.17, 15) is 4.79 Å². The minimum absolute atomic E-state index is 0.308.